The van der Waals surface area contributed by atoms with Crippen LogP contribution in [0.4, 0.5) is 0 Å². The lowest BCUT2D eigenvalue weighted by molar-refractivity contribution is 0.0403. The molecule has 5 nitrogen and oxygen atoms in total. The van der Waals surface area contributed by atoms with Crippen molar-refractivity contribution in [2.75, 3.05) is 39.3 Å². The number of β-amino-alcohol motifs (C(OH)–C–C–N with tert-alkyl or cyclic N) is 1. The molecule has 1 N–H and O–H groups in total. The van der Waals surface area contributed by atoms with Gasteiger partial charge in [-0.15, -0.1) is 0 Å². The minimum atomic E-state index is -0.565. The van der Waals surface area contributed by atoms with Crippen molar-refractivity contribution in [3.63, 3.8) is 0 Å². The number of nitrogens with zero attached hydrogens (tertiary/aromatic N) is 2. The molecule has 1 aliphatic rings. The van der Waals surface area contributed by atoms with Gasteiger partial charge in [-0.1, -0.05) is 54.6 Å². The predicted molar refractivity (Wildman–Crippen MR) is 119 cm³/mol. The molecular formula is C25H28N2O3. The summed E-state index contributed by atoms with van der Waals surface area (Å²) in [6.45, 7) is 5.62. The summed E-state index contributed by atoms with van der Waals surface area (Å²) in [6, 6.07) is 21.7. The number of para-hydroxylation sites is 1. The number of aryl methyl sites for hydroxylation is 1. The van der Waals surface area contributed by atoms with Crippen LogP contribution in [0.2, 0.25) is 0 Å². The first-order chi connectivity index (χ1) is 14.6. The van der Waals surface area contributed by atoms with Crippen molar-refractivity contribution in [3.05, 3.63) is 77.9 Å². The van der Waals surface area contributed by atoms with Crippen LogP contribution < -0.4 is 4.74 Å². The number of carbonyl (C=O) groups is 1. The van der Waals surface area contributed by atoms with Crippen LogP contribution in [0.3, 0.4) is 0 Å². The van der Waals surface area contributed by atoms with Crippen LogP contribution in [-0.4, -0.2) is 66.2 Å². The van der Waals surface area contributed by atoms with Gasteiger partial charge in [0.15, 0.2) is 0 Å². The molecule has 0 bridgehead atoms. The van der Waals surface area contributed by atoms with Gasteiger partial charge >= 0.3 is 0 Å². The van der Waals surface area contributed by atoms with Crippen LogP contribution in [0.15, 0.2) is 66.7 Å². The lowest BCUT2D eigenvalue weighted by Crippen LogP contribution is -2.51. The molecule has 3 aromatic rings. The molecule has 1 fully saturated rings. The van der Waals surface area contributed by atoms with E-state index in [1.54, 1.807) is 0 Å². The van der Waals surface area contributed by atoms with Gasteiger partial charge in [0.05, 0.1) is 0 Å². The Bertz CT molecular complexity index is 1010. The number of aliphatic hydroxyl groups is 1. The van der Waals surface area contributed by atoms with Crippen molar-refractivity contribution in [1.82, 2.24) is 9.80 Å². The lowest BCUT2D eigenvalue weighted by Gasteiger charge is -2.35. The van der Waals surface area contributed by atoms with Crippen LogP contribution in [0.25, 0.3) is 10.8 Å². The van der Waals surface area contributed by atoms with E-state index in [2.05, 4.69) is 4.90 Å². The standard InChI is InChI=1S/C25H28N2O3/c1-19-7-2-5-12-24(19)30-18-21(28)17-26-13-15-27(16-14-26)25(29)23-11-6-9-20-8-3-4-10-22(20)23/h2-12,21,28H,13-18H2,1H3/t21-/m0/s1. The Kier molecular flexibility index (Phi) is 6.31. The number of piperazine rings is 1. The van der Waals surface area contributed by atoms with Crippen molar-refractivity contribution in [1.29, 1.82) is 0 Å². The summed E-state index contributed by atoms with van der Waals surface area (Å²) in [5.41, 5.74) is 1.82. The molecule has 1 amide bonds. The molecule has 3 aromatic carbocycles. The third-order valence-corrected chi connectivity index (χ3v) is 5.67. The average Bonchev–Trinajstić information content (AvgIpc) is 2.78. The van der Waals surface area contributed by atoms with Gasteiger partial charge in [-0.25, -0.2) is 0 Å². The number of hydrogen-bond donors (Lipinski definition) is 1. The Balaban J connectivity index is 1.29. The molecule has 5 heteroatoms. The summed E-state index contributed by atoms with van der Waals surface area (Å²) in [5.74, 6) is 0.886. The minimum Gasteiger partial charge on any atom is -0.491 e. The summed E-state index contributed by atoms with van der Waals surface area (Å²) in [7, 11) is 0. The topological polar surface area (TPSA) is 53.0 Å². The Labute approximate surface area is 177 Å². The van der Waals surface area contributed by atoms with Gasteiger partial charge in [-0.3, -0.25) is 9.69 Å². The predicted octanol–water partition coefficient (Wildman–Crippen LogP) is 3.35. The second-order valence-electron chi connectivity index (χ2n) is 7.85. The SMILES string of the molecule is Cc1ccccc1OC[C@@H](O)CN1CCN(C(=O)c2cccc3ccccc23)CC1. The Hall–Kier alpha value is -2.89. The zero-order chi connectivity index (χ0) is 20.9. The second kappa shape index (κ2) is 9.28. The minimum absolute atomic E-state index is 0.0786. The van der Waals surface area contributed by atoms with Crippen LogP contribution in [0.5, 0.6) is 5.75 Å². The van der Waals surface area contributed by atoms with Crippen molar-refractivity contribution in [2.45, 2.75) is 13.0 Å². The monoisotopic (exact) mass is 404 g/mol. The van der Waals surface area contributed by atoms with Crippen molar-refractivity contribution in [2.24, 2.45) is 0 Å². The number of ether oxygens (including phenoxy) is 1. The van der Waals surface area contributed by atoms with Crippen LogP contribution >= 0.6 is 0 Å². The van der Waals surface area contributed by atoms with Gasteiger partial charge in [-0.2, -0.15) is 0 Å². The van der Waals surface area contributed by atoms with E-state index in [-0.39, 0.29) is 12.5 Å². The van der Waals surface area contributed by atoms with Crippen LogP contribution in [-0.2, 0) is 0 Å². The quantitative estimate of drug-likeness (QED) is 0.685. The maximum Gasteiger partial charge on any atom is 0.254 e. The maximum atomic E-state index is 13.1. The number of hydrogen-bond acceptors (Lipinski definition) is 4. The highest BCUT2D eigenvalue weighted by atomic mass is 16.5. The van der Waals surface area contributed by atoms with E-state index >= 15 is 0 Å². The highest BCUT2D eigenvalue weighted by Gasteiger charge is 2.24. The highest BCUT2D eigenvalue weighted by Crippen LogP contribution is 2.21. The number of aliphatic hydroxyl groups excluding tert-OH is 1. The Morgan fingerprint density at radius 2 is 1.67 bits per heavy atom. The fourth-order valence-corrected chi connectivity index (χ4v) is 3.97. The van der Waals surface area contributed by atoms with E-state index in [9.17, 15) is 9.90 Å². The maximum absolute atomic E-state index is 13.1. The summed E-state index contributed by atoms with van der Waals surface area (Å²) in [4.78, 5) is 17.2. The molecular weight excluding hydrogens is 376 g/mol. The zero-order valence-electron chi connectivity index (χ0n) is 17.3. The Morgan fingerprint density at radius 1 is 0.967 bits per heavy atom. The summed E-state index contributed by atoms with van der Waals surface area (Å²) in [5, 5.41) is 12.5. The smallest absolute Gasteiger partial charge is 0.254 e. The van der Waals surface area contributed by atoms with Crippen LogP contribution in [0, 0.1) is 6.92 Å². The first-order valence-electron chi connectivity index (χ1n) is 10.5. The van der Waals surface area contributed by atoms with E-state index in [0.29, 0.717) is 19.6 Å². The number of rotatable bonds is 6. The van der Waals surface area contributed by atoms with Gasteiger partial charge < -0.3 is 14.7 Å². The summed E-state index contributed by atoms with van der Waals surface area (Å²) < 4.78 is 5.76. The molecule has 0 saturated carbocycles. The molecule has 4 rings (SSSR count). The van der Waals surface area contributed by atoms with E-state index in [4.69, 9.17) is 4.74 Å². The molecule has 0 spiro atoms. The average molecular weight is 405 g/mol. The second-order valence-corrected chi connectivity index (χ2v) is 7.85. The molecule has 30 heavy (non-hydrogen) atoms. The molecule has 1 heterocycles. The van der Waals surface area contributed by atoms with E-state index in [1.165, 1.54) is 0 Å². The summed E-state index contributed by atoms with van der Waals surface area (Å²) >= 11 is 0. The lowest BCUT2D eigenvalue weighted by atomic mass is 10.0. The van der Waals surface area contributed by atoms with Gasteiger partial charge in [-0.05, 0) is 35.4 Å². The summed E-state index contributed by atoms with van der Waals surface area (Å²) in [6.07, 6.45) is -0.565. The third kappa shape index (κ3) is 4.64. The van der Waals surface area contributed by atoms with E-state index in [1.807, 2.05) is 78.6 Å². The van der Waals surface area contributed by atoms with Gasteiger partial charge in [0.1, 0.15) is 18.5 Å². The van der Waals surface area contributed by atoms with Gasteiger partial charge in [0.2, 0.25) is 0 Å². The molecule has 0 aliphatic carbocycles. The van der Waals surface area contributed by atoms with Crippen LogP contribution in [0.1, 0.15) is 15.9 Å². The van der Waals surface area contributed by atoms with Crippen molar-refractivity contribution in [3.8, 4) is 5.75 Å². The molecule has 1 atom stereocenters. The van der Waals surface area contributed by atoms with E-state index < -0.39 is 6.10 Å². The van der Waals surface area contributed by atoms with Gasteiger partial charge in [0.25, 0.3) is 5.91 Å². The molecule has 0 aromatic heterocycles. The van der Waals surface area contributed by atoms with Crippen molar-refractivity contribution >= 4 is 16.7 Å². The van der Waals surface area contributed by atoms with Gasteiger partial charge in [0, 0.05) is 38.3 Å². The number of amides is 1. The Morgan fingerprint density at radius 3 is 2.47 bits per heavy atom. The molecule has 1 aliphatic heterocycles. The number of carbonyl (C=O) groups excluding carboxylic acids is 1. The highest BCUT2D eigenvalue weighted by molar-refractivity contribution is 6.07. The molecule has 156 valence electrons. The first kappa shape index (κ1) is 20.4. The molecule has 0 radical (unpaired) electrons. The third-order valence-electron chi connectivity index (χ3n) is 5.67. The zero-order valence-corrected chi connectivity index (χ0v) is 17.3. The van der Waals surface area contributed by atoms with E-state index in [0.717, 1.165) is 40.7 Å². The molecule has 0 unspecified atom stereocenters. The fourth-order valence-electron chi connectivity index (χ4n) is 3.97. The number of benzene rings is 3. The normalized spacial score (nSPS) is 15.9. The molecule has 1 saturated heterocycles. The van der Waals surface area contributed by atoms with Crippen molar-refractivity contribution < 1.29 is 14.6 Å². The first-order valence-corrected chi connectivity index (χ1v) is 10.5. The number of fused-ring (bicyclic) bond motifs is 1. The fraction of sp³-hybridized carbons (Fsp3) is 0.320. The largest absolute Gasteiger partial charge is 0.491 e.